The van der Waals surface area contributed by atoms with Crippen LogP contribution in [0.15, 0.2) is 36.4 Å². The van der Waals surface area contributed by atoms with Crippen LogP contribution in [0, 0.1) is 19.8 Å². The number of methoxy groups -OCH3 is 1. The maximum atomic E-state index is 12.9. The van der Waals surface area contributed by atoms with Crippen LogP contribution in [-0.2, 0) is 22.4 Å². The van der Waals surface area contributed by atoms with Gasteiger partial charge < -0.3 is 30.5 Å². The number of rotatable bonds is 5. The van der Waals surface area contributed by atoms with Gasteiger partial charge in [0.05, 0.1) is 7.11 Å². The molecule has 10 heteroatoms. The molecular formula is C38H56N6O4. The zero-order valence-electron chi connectivity index (χ0n) is 29.5. The zero-order chi connectivity index (χ0) is 34.2. The Bertz CT molecular complexity index is 1390. The Labute approximate surface area is 286 Å². The van der Waals surface area contributed by atoms with Crippen molar-refractivity contribution in [2.45, 2.75) is 90.6 Å². The molecule has 0 spiro atoms. The summed E-state index contributed by atoms with van der Waals surface area (Å²) in [6, 6.07) is 13.1. The first-order valence-corrected chi connectivity index (χ1v) is 18.0. The lowest BCUT2D eigenvalue weighted by Gasteiger charge is -2.41. The van der Waals surface area contributed by atoms with Gasteiger partial charge in [0.25, 0.3) is 0 Å². The number of piperazine rings is 1. The third kappa shape index (κ3) is 8.81. The van der Waals surface area contributed by atoms with Gasteiger partial charge in [-0.25, -0.2) is 9.59 Å². The Morgan fingerprint density at radius 1 is 0.875 bits per heavy atom. The number of hydrogen-bond donors (Lipinski definition) is 2. The molecule has 1 atom stereocenters. The number of benzene rings is 2. The summed E-state index contributed by atoms with van der Waals surface area (Å²) in [6.07, 6.45) is 9.79. The maximum Gasteiger partial charge on any atom is 0.409 e. The van der Waals surface area contributed by atoms with Crippen LogP contribution in [0.4, 0.5) is 21.0 Å². The van der Waals surface area contributed by atoms with Crippen LogP contribution in [0.3, 0.4) is 0 Å². The number of likely N-dealkylation sites (tertiary alicyclic amines) is 1. The summed E-state index contributed by atoms with van der Waals surface area (Å²) in [7, 11) is 1.40. The largest absolute Gasteiger partial charge is 0.453 e. The molecule has 4 amide bonds. The Kier molecular flexibility index (Phi) is 12.2. The van der Waals surface area contributed by atoms with Crippen molar-refractivity contribution >= 4 is 29.4 Å². The highest BCUT2D eigenvalue weighted by Crippen LogP contribution is 2.26. The van der Waals surface area contributed by atoms with Gasteiger partial charge >= 0.3 is 12.1 Å². The van der Waals surface area contributed by atoms with Crippen molar-refractivity contribution in [1.29, 1.82) is 0 Å². The SMILES string of the molecule is COC(=O)N1CCC(N2CCc3ccccc3NC2=O)CC1.Cc1cc(C[C@@H](C)C(=O)N2CCN(C3CCCCC3)CC2)cc(C)c1N. The van der Waals surface area contributed by atoms with E-state index in [9.17, 15) is 14.4 Å². The predicted molar refractivity (Wildman–Crippen MR) is 191 cm³/mol. The molecule has 48 heavy (non-hydrogen) atoms. The van der Waals surface area contributed by atoms with Crippen LogP contribution in [0.2, 0.25) is 0 Å². The van der Waals surface area contributed by atoms with Crippen LogP contribution in [0.5, 0.6) is 0 Å². The fourth-order valence-electron chi connectivity index (χ4n) is 7.92. The number of urea groups is 1. The minimum atomic E-state index is -0.286. The molecule has 2 aromatic carbocycles. The van der Waals surface area contributed by atoms with Gasteiger partial charge in [-0.1, -0.05) is 56.5 Å². The van der Waals surface area contributed by atoms with Crippen molar-refractivity contribution in [3.63, 3.8) is 0 Å². The van der Waals surface area contributed by atoms with Crippen LogP contribution in [-0.4, -0.2) is 103 Å². The molecule has 3 heterocycles. The molecule has 3 fully saturated rings. The Hall–Kier alpha value is -3.79. The summed E-state index contributed by atoms with van der Waals surface area (Å²) >= 11 is 0. The summed E-state index contributed by atoms with van der Waals surface area (Å²) in [5, 5.41) is 3.00. The van der Waals surface area contributed by atoms with E-state index in [-0.39, 0.29) is 24.1 Å². The van der Waals surface area contributed by atoms with Crippen molar-refractivity contribution in [3.05, 3.63) is 58.7 Å². The highest BCUT2D eigenvalue weighted by molar-refractivity contribution is 5.91. The molecular weight excluding hydrogens is 604 g/mol. The number of hydrogen-bond acceptors (Lipinski definition) is 6. The number of nitrogen functional groups attached to an aromatic ring is 1. The third-order valence-corrected chi connectivity index (χ3v) is 10.8. The van der Waals surface area contributed by atoms with Gasteiger partial charge in [-0.15, -0.1) is 0 Å². The number of nitrogens with zero attached hydrogens (tertiary/aromatic N) is 4. The zero-order valence-corrected chi connectivity index (χ0v) is 29.5. The number of nitrogens with two attached hydrogens (primary N) is 1. The fraction of sp³-hybridized carbons (Fsp3) is 0.605. The van der Waals surface area contributed by atoms with Crippen molar-refractivity contribution in [3.8, 4) is 0 Å². The molecule has 0 aromatic heterocycles. The molecule has 0 unspecified atom stereocenters. The van der Waals surface area contributed by atoms with Crippen molar-refractivity contribution in [2.24, 2.45) is 5.92 Å². The first-order valence-electron chi connectivity index (χ1n) is 18.0. The minimum absolute atomic E-state index is 0.0265. The number of carbonyl (C=O) groups excluding carboxylic acids is 3. The monoisotopic (exact) mass is 660 g/mol. The molecule has 2 saturated heterocycles. The van der Waals surface area contributed by atoms with E-state index >= 15 is 0 Å². The average molecular weight is 661 g/mol. The average Bonchev–Trinajstić information content (AvgIpc) is 3.28. The molecule has 10 nitrogen and oxygen atoms in total. The topological polar surface area (TPSA) is 111 Å². The second-order valence-corrected chi connectivity index (χ2v) is 14.1. The number of fused-ring (bicyclic) bond motifs is 1. The Balaban J connectivity index is 0.000000190. The van der Waals surface area contributed by atoms with Gasteiger partial charge in [-0.05, 0) is 80.7 Å². The number of carbonyl (C=O) groups is 3. The summed E-state index contributed by atoms with van der Waals surface area (Å²) in [4.78, 5) is 45.2. The molecule has 1 saturated carbocycles. The first kappa shape index (κ1) is 35.5. The van der Waals surface area contributed by atoms with Crippen molar-refractivity contribution in [1.82, 2.24) is 19.6 Å². The van der Waals surface area contributed by atoms with E-state index in [1.807, 2.05) is 36.9 Å². The van der Waals surface area contributed by atoms with E-state index in [1.165, 1.54) is 50.3 Å². The number of nitrogens with one attached hydrogen (secondary N) is 1. The molecule has 0 bridgehead atoms. The van der Waals surface area contributed by atoms with Crippen LogP contribution in [0.25, 0.3) is 0 Å². The lowest BCUT2D eigenvalue weighted by atomic mass is 9.93. The van der Waals surface area contributed by atoms with E-state index in [0.717, 1.165) is 80.4 Å². The summed E-state index contributed by atoms with van der Waals surface area (Å²) < 4.78 is 4.75. The Morgan fingerprint density at radius 2 is 1.52 bits per heavy atom. The van der Waals surface area contributed by atoms with E-state index in [0.29, 0.717) is 25.5 Å². The maximum absolute atomic E-state index is 12.9. The van der Waals surface area contributed by atoms with Crippen molar-refractivity contribution in [2.75, 3.05) is 64.0 Å². The number of ether oxygens (including phenoxy) is 1. The van der Waals surface area contributed by atoms with Crippen LogP contribution < -0.4 is 11.1 Å². The lowest BCUT2D eigenvalue weighted by molar-refractivity contribution is -0.137. The smallest absolute Gasteiger partial charge is 0.409 e. The molecule has 3 N–H and O–H groups in total. The van der Waals surface area contributed by atoms with Crippen molar-refractivity contribution < 1.29 is 19.1 Å². The number of amides is 4. The van der Waals surface area contributed by atoms with E-state index in [4.69, 9.17) is 10.5 Å². The molecule has 2 aromatic rings. The van der Waals surface area contributed by atoms with Gasteiger partial charge in [0.1, 0.15) is 0 Å². The highest BCUT2D eigenvalue weighted by atomic mass is 16.5. The summed E-state index contributed by atoms with van der Waals surface area (Å²) in [5.41, 5.74) is 12.4. The molecule has 262 valence electrons. The third-order valence-electron chi connectivity index (χ3n) is 10.8. The summed E-state index contributed by atoms with van der Waals surface area (Å²) in [6.45, 7) is 12.0. The van der Waals surface area contributed by atoms with Gasteiger partial charge in [0.15, 0.2) is 0 Å². The van der Waals surface area contributed by atoms with Gasteiger partial charge in [0, 0.05) is 75.2 Å². The molecule has 3 aliphatic heterocycles. The normalized spacial score (nSPS) is 20.2. The predicted octanol–water partition coefficient (Wildman–Crippen LogP) is 5.85. The van der Waals surface area contributed by atoms with Crippen LogP contribution in [0.1, 0.15) is 74.1 Å². The van der Waals surface area contributed by atoms with E-state index < -0.39 is 0 Å². The quantitative estimate of drug-likeness (QED) is 0.390. The number of aryl methyl sites for hydroxylation is 2. The highest BCUT2D eigenvalue weighted by Gasteiger charge is 2.32. The van der Waals surface area contributed by atoms with Crippen LogP contribution >= 0.6 is 0 Å². The molecule has 4 aliphatic rings. The second-order valence-electron chi connectivity index (χ2n) is 14.1. The fourth-order valence-corrected chi connectivity index (χ4v) is 7.92. The lowest BCUT2D eigenvalue weighted by Crippen LogP contribution is -2.53. The Morgan fingerprint density at radius 3 is 2.17 bits per heavy atom. The molecule has 6 rings (SSSR count). The second kappa shape index (κ2) is 16.5. The van der Waals surface area contributed by atoms with Gasteiger partial charge in [0.2, 0.25) is 5.91 Å². The number of anilines is 2. The van der Waals surface area contributed by atoms with E-state index in [1.54, 1.807) is 4.90 Å². The standard InChI is InChI=1S/C22H35N3O.C16H21N3O3/c1-16-13-19(14-17(2)21(16)23)15-18(3)22(26)25-11-9-24(10-12-25)20-7-5-4-6-8-20;1-22-16(21)18-9-7-13(8-10-18)19-11-6-12-4-2-3-5-14(12)17-15(19)20/h13-14,18,20H,4-12,15,23H2,1-3H3;2-5,13H,6-11H2,1H3,(H,17,20)/t18-;/m1./s1. The number of piperidine rings is 1. The van der Waals surface area contributed by atoms with Gasteiger partial charge in [-0.3, -0.25) is 9.69 Å². The molecule has 0 radical (unpaired) electrons. The van der Waals surface area contributed by atoms with Gasteiger partial charge in [-0.2, -0.15) is 0 Å². The van der Waals surface area contributed by atoms with E-state index in [2.05, 4.69) is 40.2 Å². The first-order chi connectivity index (χ1) is 23.1. The minimum Gasteiger partial charge on any atom is -0.453 e. The molecule has 1 aliphatic carbocycles. The summed E-state index contributed by atoms with van der Waals surface area (Å²) in [5.74, 6) is 0.332. The number of para-hydroxylation sites is 1.